The van der Waals surface area contributed by atoms with Gasteiger partial charge in [0.1, 0.15) is 0 Å². The molecule has 5 nitrogen and oxygen atoms in total. The maximum atomic E-state index is 12.5. The van der Waals surface area contributed by atoms with Crippen LogP contribution in [-0.2, 0) is 16.0 Å². The number of carboxylic acids is 1. The van der Waals surface area contributed by atoms with Gasteiger partial charge >= 0.3 is 5.97 Å². The van der Waals surface area contributed by atoms with E-state index in [1.807, 2.05) is 53.5 Å². The third kappa shape index (κ3) is 8.09. The molecule has 152 valence electrons. The van der Waals surface area contributed by atoms with Crippen LogP contribution in [0.15, 0.2) is 54.6 Å². The number of aliphatic hydroxyl groups excluding tert-OH is 1. The van der Waals surface area contributed by atoms with Gasteiger partial charge in [-0.1, -0.05) is 61.1 Å². The Morgan fingerprint density at radius 2 is 2.00 bits per heavy atom. The van der Waals surface area contributed by atoms with Crippen molar-refractivity contribution in [3.8, 4) is 0 Å². The van der Waals surface area contributed by atoms with E-state index in [9.17, 15) is 14.7 Å². The summed E-state index contributed by atoms with van der Waals surface area (Å²) < 4.78 is 0. The fourth-order valence-corrected chi connectivity index (χ4v) is 3.41. The fraction of sp³-hybridized carbons (Fsp3) is 0.478. The molecule has 1 fully saturated rings. The minimum atomic E-state index is -0.782. The first kappa shape index (κ1) is 21.9. The number of aliphatic hydroxyl groups is 1. The summed E-state index contributed by atoms with van der Waals surface area (Å²) in [5.74, 6) is -0.643. The van der Waals surface area contributed by atoms with Crippen LogP contribution in [0, 0.1) is 0 Å². The lowest BCUT2D eigenvalue weighted by molar-refractivity contribution is -0.137. The van der Waals surface area contributed by atoms with E-state index in [0.717, 1.165) is 24.8 Å². The van der Waals surface area contributed by atoms with Crippen LogP contribution in [0.25, 0.3) is 0 Å². The Kier molecular flexibility index (Phi) is 9.49. The van der Waals surface area contributed by atoms with Gasteiger partial charge in [-0.2, -0.15) is 0 Å². The number of amides is 1. The number of carboxylic acid groups (broad SMARTS) is 1. The fourth-order valence-electron chi connectivity index (χ4n) is 3.41. The van der Waals surface area contributed by atoms with Crippen molar-refractivity contribution in [1.82, 2.24) is 4.90 Å². The Bertz CT molecular complexity index is 668. The van der Waals surface area contributed by atoms with E-state index >= 15 is 0 Å². The molecule has 2 N–H and O–H groups in total. The quantitative estimate of drug-likeness (QED) is 0.475. The first-order chi connectivity index (χ1) is 13.6. The number of nitrogens with zero attached hydrogens (tertiary/aromatic N) is 1. The summed E-state index contributed by atoms with van der Waals surface area (Å²) in [6, 6.07) is 9.85. The standard InChI is InChI=1S/C23H31NO4/c25-21(18-19-10-4-3-5-11-19)16-15-20-12-7-8-13-22(26)24(20)17-9-2-1-6-14-23(27)28/h2-5,9-11,15-16,20-21,25H,1,6-8,12-14,17-18H2,(H,27,28)/b9-2-,16-15?. The molecular weight excluding hydrogens is 354 g/mol. The molecule has 0 saturated carbocycles. The Morgan fingerprint density at radius 3 is 2.75 bits per heavy atom. The van der Waals surface area contributed by atoms with Crippen molar-refractivity contribution >= 4 is 11.9 Å². The summed E-state index contributed by atoms with van der Waals surface area (Å²) >= 11 is 0. The molecule has 1 aromatic carbocycles. The monoisotopic (exact) mass is 385 g/mol. The summed E-state index contributed by atoms with van der Waals surface area (Å²) in [6.45, 7) is 0.524. The molecule has 5 heteroatoms. The first-order valence-corrected chi connectivity index (χ1v) is 10.1. The molecule has 2 atom stereocenters. The average molecular weight is 386 g/mol. The van der Waals surface area contributed by atoms with Crippen LogP contribution < -0.4 is 0 Å². The van der Waals surface area contributed by atoms with Gasteiger partial charge in [0.25, 0.3) is 0 Å². The predicted molar refractivity (Wildman–Crippen MR) is 110 cm³/mol. The number of benzene rings is 1. The van der Waals surface area contributed by atoms with Crippen molar-refractivity contribution < 1.29 is 19.8 Å². The third-order valence-electron chi connectivity index (χ3n) is 4.93. The molecule has 1 heterocycles. The Hall–Kier alpha value is -2.40. The molecule has 1 aliphatic rings. The van der Waals surface area contributed by atoms with Crippen LogP contribution in [0.4, 0.5) is 0 Å². The molecule has 0 spiro atoms. The SMILES string of the molecule is O=C(O)CCC/C=C\CN1C(=O)CCCCC1C=CC(O)Cc1ccccc1. The lowest BCUT2D eigenvalue weighted by Crippen LogP contribution is -2.38. The number of hydrogen-bond donors (Lipinski definition) is 2. The second kappa shape index (κ2) is 12.1. The highest BCUT2D eigenvalue weighted by atomic mass is 16.4. The summed E-state index contributed by atoms with van der Waals surface area (Å²) in [6.07, 6.45) is 12.5. The molecule has 0 radical (unpaired) electrons. The van der Waals surface area contributed by atoms with Gasteiger partial charge in [0.15, 0.2) is 0 Å². The lowest BCUT2D eigenvalue weighted by Gasteiger charge is -2.27. The van der Waals surface area contributed by atoms with Gasteiger partial charge in [0, 0.05) is 25.8 Å². The number of unbranched alkanes of at least 4 members (excludes halogenated alkanes) is 1. The smallest absolute Gasteiger partial charge is 0.303 e. The van der Waals surface area contributed by atoms with E-state index in [0.29, 0.717) is 32.2 Å². The zero-order valence-corrected chi connectivity index (χ0v) is 16.4. The summed E-state index contributed by atoms with van der Waals surface area (Å²) in [5, 5.41) is 19.0. The number of rotatable bonds is 10. The van der Waals surface area contributed by atoms with Crippen LogP contribution in [0.5, 0.6) is 0 Å². The van der Waals surface area contributed by atoms with Crippen molar-refractivity contribution in [2.75, 3.05) is 6.54 Å². The zero-order valence-electron chi connectivity index (χ0n) is 16.4. The van der Waals surface area contributed by atoms with Crippen LogP contribution in [0.2, 0.25) is 0 Å². The number of carbonyl (C=O) groups is 2. The molecule has 2 unspecified atom stereocenters. The number of aliphatic carboxylic acids is 1. The van der Waals surface area contributed by atoms with Crippen molar-refractivity contribution in [3.05, 3.63) is 60.2 Å². The van der Waals surface area contributed by atoms with Crippen LogP contribution >= 0.6 is 0 Å². The van der Waals surface area contributed by atoms with E-state index in [4.69, 9.17) is 5.11 Å². The molecule has 0 aliphatic carbocycles. The van der Waals surface area contributed by atoms with Gasteiger partial charge in [-0.3, -0.25) is 9.59 Å². The predicted octanol–water partition coefficient (Wildman–Crippen LogP) is 3.73. The van der Waals surface area contributed by atoms with E-state index in [2.05, 4.69) is 0 Å². The highest BCUT2D eigenvalue weighted by Crippen LogP contribution is 2.19. The van der Waals surface area contributed by atoms with Crippen molar-refractivity contribution in [3.63, 3.8) is 0 Å². The van der Waals surface area contributed by atoms with Gasteiger partial charge in [-0.15, -0.1) is 0 Å². The largest absolute Gasteiger partial charge is 0.481 e. The number of carbonyl (C=O) groups excluding carboxylic acids is 1. The summed E-state index contributed by atoms with van der Waals surface area (Å²) in [5.41, 5.74) is 1.08. The number of hydrogen-bond acceptors (Lipinski definition) is 3. The summed E-state index contributed by atoms with van der Waals surface area (Å²) in [7, 11) is 0. The van der Waals surface area contributed by atoms with Crippen molar-refractivity contribution in [2.24, 2.45) is 0 Å². The number of likely N-dealkylation sites (tertiary alicyclic amines) is 1. The van der Waals surface area contributed by atoms with E-state index in [1.165, 1.54) is 0 Å². The first-order valence-electron chi connectivity index (χ1n) is 10.1. The molecule has 1 amide bonds. The second-order valence-electron chi connectivity index (χ2n) is 7.26. The molecule has 1 aromatic rings. The molecule has 1 aliphatic heterocycles. The van der Waals surface area contributed by atoms with E-state index < -0.39 is 12.1 Å². The molecule has 0 aromatic heterocycles. The lowest BCUT2D eigenvalue weighted by atomic mass is 10.0. The van der Waals surface area contributed by atoms with Crippen LogP contribution in [0.1, 0.15) is 50.5 Å². The molecule has 28 heavy (non-hydrogen) atoms. The van der Waals surface area contributed by atoms with Crippen LogP contribution in [-0.4, -0.2) is 45.7 Å². The van der Waals surface area contributed by atoms with E-state index in [-0.39, 0.29) is 18.4 Å². The Balaban J connectivity index is 1.91. The molecule has 0 bridgehead atoms. The minimum absolute atomic E-state index is 0.0101. The minimum Gasteiger partial charge on any atom is -0.481 e. The van der Waals surface area contributed by atoms with E-state index in [1.54, 1.807) is 6.08 Å². The second-order valence-corrected chi connectivity index (χ2v) is 7.26. The zero-order chi connectivity index (χ0) is 20.2. The molecular formula is C23H31NO4. The van der Waals surface area contributed by atoms with Crippen molar-refractivity contribution in [2.45, 2.75) is 63.5 Å². The molecule has 1 saturated heterocycles. The number of allylic oxidation sites excluding steroid dienone is 1. The Labute approximate surface area is 167 Å². The van der Waals surface area contributed by atoms with Crippen LogP contribution in [0.3, 0.4) is 0 Å². The van der Waals surface area contributed by atoms with Gasteiger partial charge in [0.05, 0.1) is 12.1 Å². The highest BCUT2D eigenvalue weighted by Gasteiger charge is 2.23. The highest BCUT2D eigenvalue weighted by molar-refractivity contribution is 5.77. The summed E-state index contributed by atoms with van der Waals surface area (Å²) in [4.78, 5) is 24.9. The molecule has 2 rings (SSSR count). The topological polar surface area (TPSA) is 77.8 Å². The Morgan fingerprint density at radius 1 is 1.21 bits per heavy atom. The van der Waals surface area contributed by atoms with Gasteiger partial charge in [-0.25, -0.2) is 0 Å². The average Bonchev–Trinajstić information content (AvgIpc) is 2.85. The van der Waals surface area contributed by atoms with Gasteiger partial charge in [-0.05, 0) is 31.2 Å². The third-order valence-corrected chi connectivity index (χ3v) is 4.93. The van der Waals surface area contributed by atoms with Gasteiger partial charge < -0.3 is 15.1 Å². The normalized spacial score (nSPS) is 19.2. The van der Waals surface area contributed by atoms with Crippen molar-refractivity contribution in [1.29, 1.82) is 0 Å². The van der Waals surface area contributed by atoms with Gasteiger partial charge in [0.2, 0.25) is 5.91 Å². The maximum Gasteiger partial charge on any atom is 0.303 e. The maximum absolute atomic E-state index is 12.5.